The van der Waals surface area contributed by atoms with Crippen LogP contribution in [0.1, 0.15) is 22.4 Å². The van der Waals surface area contributed by atoms with Crippen LogP contribution in [0.3, 0.4) is 0 Å². The van der Waals surface area contributed by atoms with E-state index in [2.05, 4.69) is 44.5 Å². The van der Waals surface area contributed by atoms with E-state index in [-0.39, 0.29) is 0 Å². The molecule has 176 valence electrons. The summed E-state index contributed by atoms with van der Waals surface area (Å²) in [6.45, 7) is 5.20. The second-order valence-electron chi connectivity index (χ2n) is 8.37. The lowest BCUT2D eigenvalue weighted by atomic mass is 10.1. The third kappa shape index (κ3) is 5.28. The van der Waals surface area contributed by atoms with Crippen molar-refractivity contribution in [2.24, 2.45) is 0 Å². The molecule has 0 aliphatic heterocycles. The third-order valence-electron chi connectivity index (χ3n) is 5.58. The monoisotopic (exact) mass is 466 g/mol. The highest BCUT2D eigenvalue weighted by molar-refractivity contribution is 5.86. The van der Waals surface area contributed by atoms with Crippen molar-refractivity contribution in [1.29, 1.82) is 0 Å². The van der Waals surface area contributed by atoms with E-state index in [1.165, 1.54) is 0 Å². The minimum Gasteiger partial charge on any atom is -0.455 e. The van der Waals surface area contributed by atoms with E-state index in [0.29, 0.717) is 30.2 Å². The van der Waals surface area contributed by atoms with Gasteiger partial charge < -0.3 is 14.8 Å². The van der Waals surface area contributed by atoms with E-state index in [0.717, 1.165) is 39.3 Å². The number of fused-ring (bicyclic) bond motifs is 1. The molecule has 8 heteroatoms. The van der Waals surface area contributed by atoms with E-state index in [1.807, 2.05) is 55.1 Å². The molecular formula is C27H26N6O2. The lowest BCUT2D eigenvalue weighted by molar-refractivity contribution is 0.185. The second-order valence-corrected chi connectivity index (χ2v) is 8.37. The van der Waals surface area contributed by atoms with Crippen LogP contribution in [0, 0.1) is 13.8 Å². The minimum atomic E-state index is 0.603. The van der Waals surface area contributed by atoms with Crippen molar-refractivity contribution in [3.63, 3.8) is 0 Å². The van der Waals surface area contributed by atoms with Gasteiger partial charge in [-0.05, 0) is 60.9 Å². The number of aromatic nitrogens is 5. The Labute approximate surface area is 203 Å². The molecule has 5 rings (SSSR count). The van der Waals surface area contributed by atoms with Gasteiger partial charge in [0.05, 0.1) is 25.5 Å². The maximum Gasteiger partial charge on any atom is 0.162 e. The topological polar surface area (TPSA) is 87.0 Å². The van der Waals surface area contributed by atoms with Gasteiger partial charge in [-0.15, -0.1) is 0 Å². The lowest BCUT2D eigenvalue weighted by Gasteiger charge is -2.11. The summed E-state index contributed by atoms with van der Waals surface area (Å²) in [5.41, 5.74) is 6.61. The number of nitrogens with one attached hydrogen (secondary N) is 1. The van der Waals surface area contributed by atoms with E-state index in [1.54, 1.807) is 19.6 Å². The fraction of sp³-hybridized carbons (Fsp3) is 0.185. The molecule has 0 amide bonds. The molecule has 0 saturated carbocycles. The largest absolute Gasteiger partial charge is 0.455 e. The van der Waals surface area contributed by atoms with Gasteiger partial charge in [-0.2, -0.15) is 5.10 Å². The average Bonchev–Trinajstić information content (AvgIpc) is 3.27. The standard InChI is InChI=1S/C27H26N6O2/c1-18-12-22(9-11-25(18)35-23-10-4-19(2)28-13-23)31-27-26-24(29-17-30-27)15-33(32-26)14-20-5-7-21(8-6-20)16-34-3/h4-13,15,17H,14,16H2,1-3H3,(H,29,30,31). The van der Waals surface area contributed by atoms with Crippen molar-refractivity contribution in [2.45, 2.75) is 27.0 Å². The summed E-state index contributed by atoms with van der Waals surface area (Å²) < 4.78 is 13.0. The summed E-state index contributed by atoms with van der Waals surface area (Å²) in [6, 6.07) is 18.1. The smallest absolute Gasteiger partial charge is 0.162 e. The molecule has 0 aliphatic carbocycles. The normalized spacial score (nSPS) is 11.1. The quantitative estimate of drug-likeness (QED) is 0.320. The number of methoxy groups -OCH3 is 1. The molecule has 0 atom stereocenters. The number of ether oxygens (including phenoxy) is 2. The first-order chi connectivity index (χ1) is 17.1. The summed E-state index contributed by atoms with van der Waals surface area (Å²) in [5, 5.41) is 8.11. The number of benzene rings is 2. The van der Waals surface area contributed by atoms with Crippen molar-refractivity contribution in [3.8, 4) is 11.5 Å². The summed E-state index contributed by atoms with van der Waals surface area (Å²) in [7, 11) is 1.70. The zero-order valence-electron chi connectivity index (χ0n) is 19.9. The molecule has 0 radical (unpaired) electrons. The first-order valence-corrected chi connectivity index (χ1v) is 11.3. The maximum absolute atomic E-state index is 5.98. The van der Waals surface area contributed by atoms with Crippen LogP contribution in [0.5, 0.6) is 11.5 Å². The van der Waals surface area contributed by atoms with Crippen molar-refractivity contribution in [2.75, 3.05) is 12.4 Å². The Morgan fingerprint density at radius 3 is 2.49 bits per heavy atom. The summed E-state index contributed by atoms with van der Waals surface area (Å²) >= 11 is 0. The number of pyridine rings is 1. The molecule has 1 N–H and O–H groups in total. The average molecular weight is 467 g/mol. The van der Waals surface area contributed by atoms with E-state index >= 15 is 0 Å². The van der Waals surface area contributed by atoms with Gasteiger partial charge >= 0.3 is 0 Å². The van der Waals surface area contributed by atoms with Gasteiger partial charge in [0.25, 0.3) is 0 Å². The Morgan fingerprint density at radius 1 is 0.914 bits per heavy atom. The number of rotatable bonds is 8. The number of anilines is 2. The molecule has 2 aromatic carbocycles. The summed E-state index contributed by atoms with van der Waals surface area (Å²) in [4.78, 5) is 13.1. The van der Waals surface area contributed by atoms with Crippen LogP contribution in [-0.2, 0) is 17.9 Å². The molecule has 3 heterocycles. The van der Waals surface area contributed by atoms with Crippen molar-refractivity contribution < 1.29 is 9.47 Å². The predicted molar refractivity (Wildman–Crippen MR) is 135 cm³/mol. The zero-order chi connectivity index (χ0) is 24.2. The van der Waals surface area contributed by atoms with Gasteiger partial charge in [-0.1, -0.05) is 24.3 Å². The molecule has 8 nitrogen and oxygen atoms in total. The van der Waals surface area contributed by atoms with Crippen LogP contribution in [0.25, 0.3) is 11.0 Å². The molecule has 0 spiro atoms. The van der Waals surface area contributed by atoms with Crippen LogP contribution >= 0.6 is 0 Å². The van der Waals surface area contributed by atoms with Crippen molar-refractivity contribution >= 4 is 22.5 Å². The van der Waals surface area contributed by atoms with E-state index < -0.39 is 0 Å². The van der Waals surface area contributed by atoms with Crippen LogP contribution in [-0.4, -0.2) is 31.8 Å². The Hall–Kier alpha value is -4.30. The molecule has 0 aliphatic rings. The number of nitrogens with zero attached hydrogens (tertiary/aromatic N) is 5. The zero-order valence-corrected chi connectivity index (χ0v) is 19.9. The van der Waals surface area contributed by atoms with Crippen LogP contribution in [0.4, 0.5) is 11.5 Å². The van der Waals surface area contributed by atoms with Gasteiger partial charge in [-0.3, -0.25) is 9.67 Å². The Morgan fingerprint density at radius 2 is 1.74 bits per heavy atom. The SMILES string of the molecule is COCc1ccc(Cn2cc3ncnc(Nc4ccc(Oc5ccc(C)nc5)c(C)c4)c3n2)cc1. The molecule has 5 aromatic rings. The molecule has 0 fully saturated rings. The van der Waals surface area contributed by atoms with Gasteiger partial charge in [-0.25, -0.2) is 9.97 Å². The number of hydrogen-bond donors (Lipinski definition) is 1. The molecule has 0 saturated heterocycles. The van der Waals surface area contributed by atoms with Gasteiger partial charge in [0.15, 0.2) is 11.3 Å². The van der Waals surface area contributed by atoms with Gasteiger partial charge in [0.1, 0.15) is 23.3 Å². The minimum absolute atomic E-state index is 0.603. The number of aryl methyl sites for hydroxylation is 2. The molecular weight excluding hydrogens is 440 g/mol. The van der Waals surface area contributed by atoms with E-state index in [4.69, 9.17) is 14.6 Å². The van der Waals surface area contributed by atoms with Gasteiger partial charge in [0.2, 0.25) is 0 Å². The Balaban J connectivity index is 1.33. The maximum atomic E-state index is 5.98. The van der Waals surface area contributed by atoms with E-state index in [9.17, 15) is 0 Å². The first kappa shape index (κ1) is 22.5. The third-order valence-corrected chi connectivity index (χ3v) is 5.58. The summed E-state index contributed by atoms with van der Waals surface area (Å²) in [6.07, 6.45) is 5.21. The highest BCUT2D eigenvalue weighted by Gasteiger charge is 2.11. The Bertz CT molecular complexity index is 1450. The second kappa shape index (κ2) is 9.90. The van der Waals surface area contributed by atoms with Crippen LogP contribution in [0.15, 0.2) is 73.3 Å². The highest BCUT2D eigenvalue weighted by atomic mass is 16.5. The highest BCUT2D eigenvalue weighted by Crippen LogP contribution is 2.29. The first-order valence-electron chi connectivity index (χ1n) is 11.3. The van der Waals surface area contributed by atoms with Gasteiger partial charge in [0, 0.05) is 18.5 Å². The van der Waals surface area contributed by atoms with Crippen molar-refractivity contribution in [1.82, 2.24) is 24.7 Å². The molecule has 35 heavy (non-hydrogen) atoms. The van der Waals surface area contributed by atoms with Crippen molar-refractivity contribution in [3.05, 3.63) is 95.7 Å². The van der Waals surface area contributed by atoms with Crippen LogP contribution < -0.4 is 10.1 Å². The molecule has 0 bridgehead atoms. The fourth-order valence-electron chi connectivity index (χ4n) is 3.77. The lowest BCUT2D eigenvalue weighted by Crippen LogP contribution is -2.01. The molecule has 3 aromatic heterocycles. The fourth-order valence-corrected chi connectivity index (χ4v) is 3.77. The number of hydrogen-bond acceptors (Lipinski definition) is 7. The predicted octanol–water partition coefficient (Wildman–Crippen LogP) is 5.57. The molecule has 0 unspecified atom stereocenters. The van der Waals surface area contributed by atoms with Crippen LogP contribution in [0.2, 0.25) is 0 Å². The Kier molecular flexibility index (Phi) is 6.36. The summed E-state index contributed by atoms with van der Waals surface area (Å²) in [5.74, 6) is 2.13.